The Balaban J connectivity index is 2.63. The Morgan fingerprint density at radius 3 is 2.41 bits per heavy atom. The predicted molar refractivity (Wildman–Crippen MR) is 58.1 cm³/mol. The second-order valence-corrected chi connectivity index (χ2v) is 3.65. The molecule has 1 atom stereocenters. The molecule has 1 aromatic carbocycles. The van der Waals surface area contributed by atoms with E-state index in [1.807, 2.05) is 5.48 Å². The van der Waals surface area contributed by atoms with Gasteiger partial charge >= 0.3 is 11.9 Å². The van der Waals surface area contributed by atoms with Gasteiger partial charge in [-0.05, 0) is 19.1 Å². The van der Waals surface area contributed by atoms with E-state index in [1.54, 1.807) is 18.2 Å². The average molecular weight is 239 g/mol. The summed E-state index contributed by atoms with van der Waals surface area (Å²) in [5, 5.41) is 17.7. The number of rotatable bonds is 5. The van der Waals surface area contributed by atoms with E-state index in [-0.39, 0.29) is 5.56 Å². The van der Waals surface area contributed by atoms with Gasteiger partial charge in [0.1, 0.15) is 0 Å². The van der Waals surface area contributed by atoms with Gasteiger partial charge in [-0.3, -0.25) is 4.79 Å². The van der Waals surface area contributed by atoms with Crippen LogP contribution in [-0.4, -0.2) is 34.3 Å². The molecule has 0 amide bonds. The molecule has 0 aliphatic heterocycles. The molecule has 0 radical (unpaired) electrons. The smallest absolute Gasteiger partial charge is 0.356 e. The highest BCUT2D eigenvalue weighted by molar-refractivity contribution is 5.89. The van der Waals surface area contributed by atoms with E-state index in [9.17, 15) is 9.59 Å². The Bertz CT molecular complexity index is 406. The SMILES string of the molecule is CC(CO)(NOC(=O)c1ccccc1)C(=O)O. The van der Waals surface area contributed by atoms with Crippen LogP contribution in [0.2, 0.25) is 0 Å². The standard InChI is InChI=1S/C11H13NO5/c1-11(7-13,10(15)16)12-17-9(14)8-5-3-2-4-6-8/h2-6,12-13H,7H2,1H3,(H,15,16). The van der Waals surface area contributed by atoms with Crippen LogP contribution in [0.1, 0.15) is 17.3 Å². The molecular formula is C11H13NO5. The Kier molecular flexibility index (Phi) is 4.19. The van der Waals surface area contributed by atoms with E-state index in [1.165, 1.54) is 19.1 Å². The molecule has 1 unspecified atom stereocenters. The third-order valence-electron chi connectivity index (χ3n) is 2.17. The van der Waals surface area contributed by atoms with Crippen LogP contribution in [0.5, 0.6) is 0 Å². The van der Waals surface area contributed by atoms with E-state index >= 15 is 0 Å². The van der Waals surface area contributed by atoms with Gasteiger partial charge < -0.3 is 15.1 Å². The molecule has 1 rings (SSSR count). The second-order valence-electron chi connectivity index (χ2n) is 3.65. The lowest BCUT2D eigenvalue weighted by Crippen LogP contribution is -2.53. The number of hydroxylamine groups is 1. The number of carboxylic acid groups (broad SMARTS) is 1. The van der Waals surface area contributed by atoms with Gasteiger partial charge in [-0.2, -0.15) is 0 Å². The van der Waals surface area contributed by atoms with Crippen LogP contribution in [0, 0.1) is 0 Å². The van der Waals surface area contributed by atoms with E-state index in [0.29, 0.717) is 0 Å². The molecule has 3 N–H and O–H groups in total. The summed E-state index contributed by atoms with van der Waals surface area (Å²) in [6, 6.07) is 8.10. The number of aliphatic carboxylic acids is 1. The first-order valence-electron chi connectivity index (χ1n) is 4.87. The van der Waals surface area contributed by atoms with Crippen molar-refractivity contribution in [1.29, 1.82) is 0 Å². The normalized spacial score (nSPS) is 13.8. The van der Waals surface area contributed by atoms with Crippen LogP contribution in [0.3, 0.4) is 0 Å². The van der Waals surface area contributed by atoms with Crippen molar-refractivity contribution in [1.82, 2.24) is 5.48 Å². The zero-order chi connectivity index (χ0) is 12.9. The van der Waals surface area contributed by atoms with Gasteiger partial charge in [0.05, 0.1) is 12.2 Å². The number of nitrogens with one attached hydrogen (secondary N) is 1. The van der Waals surface area contributed by atoms with Crippen LogP contribution in [0.15, 0.2) is 30.3 Å². The molecule has 6 nitrogen and oxygen atoms in total. The highest BCUT2D eigenvalue weighted by atomic mass is 16.7. The molecule has 0 saturated heterocycles. The number of hydrogen-bond donors (Lipinski definition) is 3. The topological polar surface area (TPSA) is 95.9 Å². The van der Waals surface area contributed by atoms with E-state index in [4.69, 9.17) is 10.2 Å². The van der Waals surface area contributed by atoms with Crippen molar-refractivity contribution in [2.75, 3.05) is 6.61 Å². The van der Waals surface area contributed by atoms with Crippen molar-refractivity contribution >= 4 is 11.9 Å². The molecule has 6 heteroatoms. The Morgan fingerprint density at radius 2 is 1.94 bits per heavy atom. The van der Waals surface area contributed by atoms with Gasteiger partial charge in [-0.1, -0.05) is 18.2 Å². The van der Waals surface area contributed by atoms with Gasteiger partial charge in [-0.15, -0.1) is 5.48 Å². The van der Waals surface area contributed by atoms with Crippen molar-refractivity contribution in [2.45, 2.75) is 12.5 Å². The first-order valence-corrected chi connectivity index (χ1v) is 4.87. The molecule has 0 aliphatic rings. The molecule has 0 aliphatic carbocycles. The van der Waals surface area contributed by atoms with Gasteiger partial charge in [0.25, 0.3) is 0 Å². The summed E-state index contributed by atoms with van der Waals surface area (Å²) in [6.45, 7) is 0.498. The van der Waals surface area contributed by atoms with Gasteiger partial charge in [0.2, 0.25) is 0 Å². The summed E-state index contributed by atoms with van der Waals surface area (Å²) in [7, 11) is 0. The van der Waals surface area contributed by atoms with Crippen molar-refractivity contribution in [2.24, 2.45) is 0 Å². The number of aliphatic hydroxyl groups is 1. The summed E-state index contributed by atoms with van der Waals surface area (Å²) in [5.74, 6) is -2.03. The van der Waals surface area contributed by atoms with Crippen LogP contribution < -0.4 is 5.48 Å². The maximum atomic E-state index is 11.5. The third kappa shape index (κ3) is 3.27. The molecule has 0 spiro atoms. The first-order chi connectivity index (χ1) is 7.99. The summed E-state index contributed by atoms with van der Waals surface area (Å²) in [4.78, 5) is 26.9. The van der Waals surface area contributed by atoms with Crippen LogP contribution in [-0.2, 0) is 9.63 Å². The summed E-state index contributed by atoms with van der Waals surface area (Å²) in [5.41, 5.74) is 0.610. The molecule has 0 fully saturated rings. The van der Waals surface area contributed by atoms with E-state index in [0.717, 1.165) is 0 Å². The Hall–Kier alpha value is -1.92. The number of carbonyl (C=O) groups excluding carboxylic acids is 1. The first kappa shape index (κ1) is 13.1. The molecule has 0 bridgehead atoms. The fraction of sp³-hybridized carbons (Fsp3) is 0.273. The zero-order valence-electron chi connectivity index (χ0n) is 9.21. The molecule has 17 heavy (non-hydrogen) atoms. The number of aliphatic hydroxyl groups excluding tert-OH is 1. The van der Waals surface area contributed by atoms with Crippen LogP contribution in [0.4, 0.5) is 0 Å². The lowest BCUT2D eigenvalue weighted by molar-refractivity contribution is -0.151. The van der Waals surface area contributed by atoms with Crippen LogP contribution >= 0.6 is 0 Å². The van der Waals surface area contributed by atoms with Gasteiger partial charge in [0, 0.05) is 0 Å². The molecule has 0 saturated carbocycles. The van der Waals surface area contributed by atoms with Crippen LogP contribution in [0.25, 0.3) is 0 Å². The number of benzene rings is 1. The fourth-order valence-electron chi connectivity index (χ4n) is 0.936. The minimum absolute atomic E-state index is 0.283. The number of carboxylic acids is 1. The molecule has 1 aromatic rings. The minimum atomic E-state index is -1.72. The monoisotopic (exact) mass is 239 g/mol. The van der Waals surface area contributed by atoms with Crippen molar-refractivity contribution in [3.05, 3.63) is 35.9 Å². The highest BCUT2D eigenvalue weighted by Gasteiger charge is 2.34. The average Bonchev–Trinajstić information content (AvgIpc) is 2.36. The third-order valence-corrected chi connectivity index (χ3v) is 2.17. The largest absolute Gasteiger partial charge is 0.480 e. The minimum Gasteiger partial charge on any atom is -0.480 e. The van der Waals surface area contributed by atoms with Crippen molar-refractivity contribution in [3.63, 3.8) is 0 Å². The molecule has 92 valence electrons. The van der Waals surface area contributed by atoms with Gasteiger partial charge in [0.15, 0.2) is 5.54 Å². The number of carbonyl (C=O) groups is 2. The molecule has 0 heterocycles. The van der Waals surface area contributed by atoms with Crippen molar-refractivity contribution in [3.8, 4) is 0 Å². The summed E-state index contributed by atoms with van der Waals surface area (Å²) >= 11 is 0. The quantitative estimate of drug-likeness (QED) is 0.634. The highest BCUT2D eigenvalue weighted by Crippen LogP contribution is 2.05. The van der Waals surface area contributed by atoms with Gasteiger partial charge in [-0.25, -0.2) is 4.79 Å². The Labute approximate surface area is 97.8 Å². The van der Waals surface area contributed by atoms with Crippen molar-refractivity contribution < 1.29 is 24.6 Å². The number of hydrogen-bond acceptors (Lipinski definition) is 5. The zero-order valence-corrected chi connectivity index (χ0v) is 9.21. The predicted octanol–water partition coefficient (Wildman–Crippen LogP) is 0.184. The molecule has 0 aromatic heterocycles. The summed E-state index contributed by atoms with van der Waals surface area (Å²) in [6.07, 6.45) is 0. The molecular weight excluding hydrogens is 226 g/mol. The fourth-order valence-corrected chi connectivity index (χ4v) is 0.936. The summed E-state index contributed by atoms with van der Waals surface area (Å²) < 4.78 is 0. The van der Waals surface area contributed by atoms with E-state index in [2.05, 4.69) is 4.84 Å². The maximum absolute atomic E-state index is 11.5. The lowest BCUT2D eigenvalue weighted by Gasteiger charge is -2.22. The second kappa shape index (κ2) is 5.42. The Morgan fingerprint density at radius 1 is 1.35 bits per heavy atom. The van der Waals surface area contributed by atoms with E-state index < -0.39 is 24.1 Å². The lowest BCUT2D eigenvalue weighted by atomic mass is 10.1. The maximum Gasteiger partial charge on any atom is 0.356 e.